The predicted octanol–water partition coefficient (Wildman–Crippen LogP) is 2.40. The molecule has 100 valence electrons. The van der Waals surface area contributed by atoms with E-state index in [9.17, 15) is 0 Å². The summed E-state index contributed by atoms with van der Waals surface area (Å²) in [4.78, 5) is 2.34. The first kappa shape index (κ1) is 14.5. The zero-order valence-electron chi connectivity index (χ0n) is 11.4. The van der Waals surface area contributed by atoms with E-state index in [2.05, 4.69) is 31.0 Å². The summed E-state index contributed by atoms with van der Waals surface area (Å²) in [6.45, 7) is 5.36. The number of amidine groups is 1. The zero-order chi connectivity index (χ0) is 13.5. The second kappa shape index (κ2) is 7.01. The van der Waals surface area contributed by atoms with E-state index in [1.807, 2.05) is 24.3 Å². The van der Waals surface area contributed by atoms with Gasteiger partial charge in [0.2, 0.25) is 0 Å². The van der Waals surface area contributed by atoms with Crippen molar-refractivity contribution >= 4 is 5.84 Å². The zero-order valence-corrected chi connectivity index (χ0v) is 11.4. The summed E-state index contributed by atoms with van der Waals surface area (Å²) in [5.74, 6) is 0.147. The van der Waals surface area contributed by atoms with Crippen molar-refractivity contribution in [1.29, 1.82) is 0 Å². The van der Waals surface area contributed by atoms with Crippen LogP contribution in [0.15, 0.2) is 29.4 Å². The molecule has 0 bridgehead atoms. The van der Waals surface area contributed by atoms with Crippen LogP contribution in [0.25, 0.3) is 0 Å². The number of rotatable bonds is 6. The summed E-state index contributed by atoms with van der Waals surface area (Å²) in [6.07, 6.45) is 2.41. The van der Waals surface area contributed by atoms with Gasteiger partial charge in [0.1, 0.15) is 0 Å². The van der Waals surface area contributed by atoms with Gasteiger partial charge in [-0.05, 0) is 26.0 Å². The second-order valence-electron chi connectivity index (χ2n) is 4.73. The minimum atomic E-state index is 0.147. The first-order valence-electron chi connectivity index (χ1n) is 6.35. The molecular formula is C14H23N3O. The second-order valence-corrected chi connectivity index (χ2v) is 4.73. The van der Waals surface area contributed by atoms with Crippen molar-refractivity contribution in [2.45, 2.75) is 39.3 Å². The van der Waals surface area contributed by atoms with Crippen molar-refractivity contribution < 1.29 is 5.21 Å². The van der Waals surface area contributed by atoms with Crippen LogP contribution in [-0.4, -0.2) is 29.0 Å². The van der Waals surface area contributed by atoms with Crippen LogP contribution >= 0.6 is 0 Å². The van der Waals surface area contributed by atoms with E-state index in [-0.39, 0.29) is 5.84 Å². The molecule has 0 heterocycles. The molecule has 1 atom stereocenters. The normalized spacial score (nSPS) is 13.9. The number of nitrogens with two attached hydrogens (primary N) is 1. The molecule has 1 unspecified atom stereocenters. The van der Waals surface area contributed by atoms with Gasteiger partial charge in [-0.3, -0.25) is 4.90 Å². The first-order valence-corrected chi connectivity index (χ1v) is 6.35. The third-order valence-corrected chi connectivity index (χ3v) is 3.25. The lowest BCUT2D eigenvalue weighted by Crippen LogP contribution is -2.28. The lowest BCUT2D eigenvalue weighted by atomic mass is 10.1. The highest BCUT2D eigenvalue weighted by molar-refractivity contribution is 5.96. The Hall–Kier alpha value is -1.55. The molecule has 3 N–H and O–H groups in total. The van der Waals surface area contributed by atoms with Gasteiger partial charge in [-0.15, -0.1) is 0 Å². The Kier molecular flexibility index (Phi) is 5.65. The highest BCUT2D eigenvalue weighted by Gasteiger charge is 2.08. The van der Waals surface area contributed by atoms with Crippen molar-refractivity contribution in [2.75, 3.05) is 7.05 Å². The van der Waals surface area contributed by atoms with E-state index in [1.165, 1.54) is 18.4 Å². The molecule has 1 aromatic rings. The SMILES string of the molecule is CCCC(C)N(C)Cc1ccc(/C(N)=N/O)cc1. The summed E-state index contributed by atoms with van der Waals surface area (Å²) < 4.78 is 0. The smallest absolute Gasteiger partial charge is 0.170 e. The van der Waals surface area contributed by atoms with Crippen molar-refractivity contribution in [3.63, 3.8) is 0 Å². The first-order chi connectivity index (χ1) is 8.58. The molecule has 1 aromatic carbocycles. The Bertz CT molecular complexity index is 387. The van der Waals surface area contributed by atoms with Crippen LogP contribution in [0, 0.1) is 0 Å². The molecule has 0 aromatic heterocycles. The summed E-state index contributed by atoms with van der Waals surface area (Å²) in [7, 11) is 2.14. The van der Waals surface area contributed by atoms with Crippen LogP contribution in [0.2, 0.25) is 0 Å². The predicted molar refractivity (Wildman–Crippen MR) is 74.8 cm³/mol. The largest absolute Gasteiger partial charge is 0.409 e. The van der Waals surface area contributed by atoms with E-state index in [4.69, 9.17) is 10.9 Å². The fraction of sp³-hybridized carbons (Fsp3) is 0.500. The van der Waals surface area contributed by atoms with Crippen molar-refractivity contribution in [3.8, 4) is 0 Å². The van der Waals surface area contributed by atoms with Gasteiger partial charge in [-0.25, -0.2) is 0 Å². The van der Waals surface area contributed by atoms with Gasteiger partial charge in [0.05, 0.1) is 0 Å². The Labute approximate surface area is 109 Å². The van der Waals surface area contributed by atoms with Gasteiger partial charge in [-0.1, -0.05) is 42.8 Å². The van der Waals surface area contributed by atoms with Crippen LogP contribution in [0.3, 0.4) is 0 Å². The van der Waals surface area contributed by atoms with Gasteiger partial charge in [0.15, 0.2) is 5.84 Å². The number of oxime groups is 1. The standard InChI is InChI=1S/C14H23N3O/c1-4-5-11(2)17(3)10-12-6-8-13(9-7-12)14(15)16-18/h6-9,11,18H,4-5,10H2,1-3H3,(H2,15,16). The van der Waals surface area contributed by atoms with Gasteiger partial charge in [0.25, 0.3) is 0 Å². The van der Waals surface area contributed by atoms with E-state index in [1.54, 1.807) is 0 Å². The summed E-state index contributed by atoms with van der Waals surface area (Å²) in [6, 6.07) is 8.37. The van der Waals surface area contributed by atoms with Crippen LogP contribution in [0.5, 0.6) is 0 Å². The molecule has 0 saturated carbocycles. The molecule has 0 spiro atoms. The van der Waals surface area contributed by atoms with Gasteiger partial charge in [-0.2, -0.15) is 0 Å². The Morgan fingerprint density at radius 2 is 2.00 bits per heavy atom. The molecule has 0 aliphatic heterocycles. The maximum absolute atomic E-state index is 8.59. The fourth-order valence-electron chi connectivity index (χ4n) is 1.92. The minimum absolute atomic E-state index is 0.147. The third kappa shape index (κ3) is 4.04. The molecule has 0 fully saturated rings. The average Bonchev–Trinajstić information content (AvgIpc) is 2.39. The lowest BCUT2D eigenvalue weighted by molar-refractivity contribution is 0.237. The van der Waals surface area contributed by atoms with E-state index < -0.39 is 0 Å². The number of hydrogen-bond acceptors (Lipinski definition) is 3. The molecule has 18 heavy (non-hydrogen) atoms. The van der Waals surface area contributed by atoms with Crippen LogP contribution in [0.1, 0.15) is 37.8 Å². The summed E-state index contributed by atoms with van der Waals surface area (Å²) in [5, 5.41) is 11.6. The molecule has 0 amide bonds. The Morgan fingerprint density at radius 3 is 2.50 bits per heavy atom. The molecule has 4 nitrogen and oxygen atoms in total. The molecule has 1 rings (SSSR count). The van der Waals surface area contributed by atoms with Crippen molar-refractivity contribution in [2.24, 2.45) is 10.9 Å². The molecule has 0 aliphatic carbocycles. The van der Waals surface area contributed by atoms with Gasteiger partial charge >= 0.3 is 0 Å². The van der Waals surface area contributed by atoms with Crippen molar-refractivity contribution in [1.82, 2.24) is 4.90 Å². The summed E-state index contributed by atoms with van der Waals surface area (Å²) >= 11 is 0. The van der Waals surface area contributed by atoms with Crippen LogP contribution in [0.4, 0.5) is 0 Å². The molecule has 4 heteroatoms. The van der Waals surface area contributed by atoms with Crippen LogP contribution < -0.4 is 5.73 Å². The Balaban J connectivity index is 2.63. The quantitative estimate of drug-likeness (QED) is 0.352. The number of benzene rings is 1. The summed E-state index contributed by atoms with van der Waals surface area (Å²) in [5.41, 5.74) is 7.50. The lowest BCUT2D eigenvalue weighted by Gasteiger charge is -2.24. The monoisotopic (exact) mass is 249 g/mol. The molecule has 0 saturated heterocycles. The average molecular weight is 249 g/mol. The van der Waals surface area contributed by atoms with E-state index >= 15 is 0 Å². The molecule has 0 radical (unpaired) electrons. The highest BCUT2D eigenvalue weighted by atomic mass is 16.4. The highest BCUT2D eigenvalue weighted by Crippen LogP contribution is 2.11. The maximum Gasteiger partial charge on any atom is 0.170 e. The van der Waals surface area contributed by atoms with E-state index in [0.29, 0.717) is 6.04 Å². The molecule has 0 aliphatic rings. The van der Waals surface area contributed by atoms with Crippen LogP contribution in [-0.2, 0) is 6.54 Å². The van der Waals surface area contributed by atoms with E-state index in [0.717, 1.165) is 12.1 Å². The Morgan fingerprint density at radius 1 is 1.39 bits per heavy atom. The fourth-order valence-corrected chi connectivity index (χ4v) is 1.92. The van der Waals surface area contributed by atoms with Gasteiger partial charge < -0.3 is 10.9 Å². The van der Waals surface area contributed by atoms with Gasteiger partial charge in [0, 0.05) is 18.2 Å². The number of nitrogens with zero attached hydrogens (tertiary/aromatic N) is 2. The van der Waals surface area contributed by atoms with Crippen molar-refractivity contribution in [3.05, 3.63) is 35.4 Å². The molecular weight excluding hydrogens is 226 g/mol. The minimum Gasteiger partial charge on any atom is -0.409 e. The maximum atomic E-state index is 8.59. The topological polar surface area (TPSA) is 61.8 Å². The number of hydrogen-bond donors (Lipinski definition) is 2. The third-order valence-electron chi connectivity index (χ3n) is 3.25.